The van der Waals surface area contributed by atoms with Gasteiger partial charge in [-0.3, -0.25) is 4.99 Å². The molecule has 23 heavy (non-hydrogen) atoms. The average molecular weight is 339 g/mol. The summed E-state index contributed by atoms with van der Waals surface area (Å²) >= 11 is 0. The van der Waals surface area contributed by atoms with Crippen LogP contribution in [0.5, 0.6) is 5.75 Å². The topological polar surface area (TPSA) is 79.8 Å². The second-order valence-corrected chi connectivity index (χ2v) is 7.75. The molecule has 0 amide bonds. The predicted molar refractivity (Wildman–Crippen MR) is 92.7 cm³/mol. The van der Waals surface area contributed by atoms with Crippen LogP contribution < -0.4 is 15.4 Å². The van der Waals surface area contributed by atoms with Crippen molar-refractivity contribution in [1.29, 1.82) is 0 Å². The summed E-state index contributed by atoms with van der Waals surface area (Å²) in [4.78, 5) is 4.48. The molecule has 1 atom stereocenters. The Morgan fingerprint density at radius 2 is 2.13 bits per heavy atom. The molecule has 1 aliphatic heterocycles. The van der Waals surface area contributed by atoms with Crippen molar-refractivity contribution in [2.24, 2.45) is 4.99 Å². The second-order valence-electron chi connectivity index (χ2n) is 5.52. The van der Waals surface area contributed by atoms with E-state index < -0.39 is 9.84 Å². The van der Waals surface area contributed by atoms with Crippen molar-refractivity contribution in [2.45, 2.75) is 25.8 Å². The molecule has 1 saturated heterocycles. The van der Waals surface area contributed by atoms with Crippen LogP contribution >= 0.6 is 0 Å². The molecule has 0 saturated carbocycles. The van der Waals surface area contributed by atoms with E-state index in [1.807, 2.05) is 37.3 Å². The number of aliphatic imine (C=N–C) groups is 1. The highest BCUT2D eigenvalue weighted by molar-refractivity contribution is 7.91. The zero-order chi connectivity index (χ0) is 16.5. The number of ether oxygens (including phenoxy) is 1. The van der Waals surface area contributed by atoms with Crippen LogP contribution in [0.25, 0.3) is 0 Å². The molecule has 0 aliphatic carbocycles. The Bertz CT molecular complexity index is 602. The van der Waals surface area contributed by atoms with Crippen LogP contribution in [0.15, 0.2) is 35.3 Å². The van der Waals surface area contributed by atoms with Gasteiger partial charge in [0.05, 0.1) is 18.1 Å². The van der Waals surface area contributed by atoms with E-state index in [1.54, 1.807) is 0 Å². The van der Waals surface area contributed by atoms with E-state index in [-0.39, 0.29) is 17.5 Å². The van der Waals surface area contributed by atoms with Crippen LogP contribution in [0.4, 0.5) is 0 Å². The van der Waals surface area contributed by atoms with E-state index in [2.05, 4.69) is 15.6 Å². The molecule has 0 radical (unpaired) electrons. The predicted octanol–water partition coefficient (Wildman–Crippen LogP) is 1.20. The van der Waals surface area contributed by atoms with E-state index in [1.165, 1.54) is 0 Å². The maximum Gasteiger partial charge on any atom is 0.191 e. The first-order valence-electron chi connectivity index (χ1n) is 8.02. The zero-order valence-electron chi connectivity index (χ0n) is 13.5. The Balaban J connectivity index is 1.73. The molecule has 1 fully saturated rings. The van der Waals surface area contributed by atoms with E-state index >= 15 is 0 Å². The largest absolute Gasteiger partial charge is 0.494 e. The Kier molecular flexibility index (Phi) is 6.70. The van der Waals surface area contributed by atoms with Crippen LogP contribution in [-0.4, -0.2) is 51.6 Å². The fraction of sp³-hybridized carbons (Fsp3) is 0.562. The smallest absolute Gasteiger partial charge is 0.191 e. The lowest BCUT2D eigenvalue weighted by Crippen LogP contribution is -2.44. The van der Waals surface area contributed by atoms with Crippen molar-refractivity contribution in [1.82, 2.24) is 10.6 Å². The van der Waals surface area contributed by atoms with Gasteiger partial charge in [-0.2, -0.15) is 0 Å². The monoisotopic (exact) mass is 339 g/mol. The lowest BCUT2D eigenvalue weighted by atomic mass is 10.3. The van der Waals surface area contributed by atoms with Gasteiger partial charge in [0, 0.05) is 25.6 Å². The quantitative estimate of drug-likeness (QED) is 0.443. The molecule has 0 spiro atoms. The highest BCUT2D eigenvalue weighted by Crippen LogP contribution is 2.11. The van der Waals surface area contributed by atoms with Crippen molar-refractivity contribution in [3.8, 4) is 5.75 Å². The molecule has 128 valence electrons. The Morgan fingerprint density at radius 3 is 2.78 bits per heavy atom. The molecular formula is C16H25N3O3S. The van der Waals surface area contributed by atoms with Gasteiger partial charge in [-0.05, 0) is 25.5 Å². The SMILES string of the molecule is CCNC(=NCCCOc1ccccc1)NC1CCS(=O)(=O)C1. The highest BCUT2D eigenvalue weighted by atomic mass is 32.2. The molecule has 1 aromatic rings. The molecule has 0 aromatic heterocycles. The maximum atomic E-state index is 11.5. The molecule has 2 N–H and O–H groups in total. The Labute approximate surface area is 138 Å². The highest BCUT2D eigenvalue weighted by Gasteiger charge is 2.28. The van der Waals surface area contributed by atoms with Crippen molar-refractivity contribution in [3.05, 3.63) is 30.3 Å². The third-order valence-electron chi connectivity index (χ3n) is 3.50. The fourth-order valence-electron chi connectivity index (χ4n) is 2.38. The normalized spacial score (nSPS) is 20.2. The number of nitrogens with zero attached hydrogens (tertiary/aromatic N) is 1. The summed E-state index contributed by atoms with van der Waals surface area (Å²) in [5.41, 5.74) is 0. The van der Waals surface area contributed by atoms with E-state index in [9.17, 15) is 8.42 Å². The minimum Gasteiger partial charge on any atom is -0.494 e. The summed E-state index contributed by atoms with van der Waals surface area (Å²) in [6, 6.07) is 9.64. The summed E-state index contributed by atoms with van der Waals surface area (Å²) in [7, 11) is -2.88. The van der Waals surface area contributed by atoms with Gasteiger partial charge in [0.1, 0.15) is 5.75 Å². The van der Waals surface area contributed by atoms with Gasteiger partial charge < -0.3 is 15.4 Å². The molecule has 0 bridgehead atoms. The molecule has 7 heteroatoms. The van der Waals surface area contributed by atoms with Gasteiger partial charge in [0.2, 0.25) is 0 Å². The number of guanidine groups is 1. The number of nitrogens with one attached hydrogen (secondary N) is 2. The standard InChI is InChI=1S/C16H25N3O3S/c1-2-17-16(19-14-9-12-23(20,21)13-14)18-10-6-11-22-15-7-4-3-5-8-15/h3-5,7-8,14H,2,6,9-13H2,1H3,(H2,17,18,19). The molecule has 1 unspecified atom stereocenters. The third-order valence-corrected chi connectivity index (χ3v) is 5.27. The van der Waals surface area contributed by atoms with Crippen molar-refractivity contribution < 1.29 is 13.2 Å². The minimum absolute atomic E-state index is 0.0432. The van der Waals surface area contributed by atoms with Crippen LogP contribution in [-0.2, 0) is 9.84 Å². The molecular weight excluding hydrogens is 314 g/mol. The zero-order valence-corrected chi connectivity index (χ0v) is 14.3. The number of benzene rings is 1. The van der Waals surface area contributed by atoms with E-state index in [0.717, 1.165) is 18.7 Å². The fourth-order valence-corrected chi connectivity index (χ4v) is 4.06. The first-order valence-corrected chi connectivity index (χ1v) is 9.84. The lowest BCUT2D eigenvalue weighted by Gasteiger charge is -2.15. The maximum absolute atomic E-state index is 11.5. The van der Waals surface area contributed by atoms with Crippen LogP contribution in [0.2, 0.25) is 0 Å². The number of para-hydroxylation sites is 1. The second kappa shape index (κ2) is 8.76. The van der Waals surface area contributed by atoms with Gasteiger partial charge in [-0.25, -0.2) is 8.42 Å². The van der Waals surface area contributed by atoms with Gasteiger partial charge in [-0.15, -0.1) is 0 Å². The van der Waals surface area contributed by atoms with Gasteiger partial charge >= 0.3 is 0 Å². The number of sulfone groups is 1. The van der Waals surface area contributed by atoms with E-state index in [4.69, 9.17) is 4.74 Å². The first-order chi connectivity index (χ1) is 11.1. The third kappa shape index (κ3) is 6.48. The summed E-state index contributed by atoms with van der Waals surface area (Å²) in [6.45, 7) is 3.96. The molecule has 1 aromatic carbocycles. The van der Waals surface area contributed by atoms with Gasteiger partial charge in [0.25, 0.3) is 0 Å². The van der Waals surface area contributed by atoms with Gasteiger partial charge in [0.15, 0.2) is 15.8 Å². The number of hydrogen-bond donors (Lipinski definition) is 2. The van der Waals surface area contributed by atoms with Crippen molar-refractivity contribution in [3.63, 3.8) is 0 Å². The first kappa shape index (κ1) is 17.6. The molecule has 2 rings (SSSR count). The van der Waals surface area contributed by atoms with Crippen LogP contribution in [0.1, 0.15) is 19.8 Å². The minimum atomic E-state index is -2.88. The van der Waals surface area contributed by atoms with Crippen molar-refractivity contribution >= 4 is 15.8 Å². The summed E-state index contributed by atoms with van der Waals surface area (Å²) in [5.74, 6) is 1.98. The molecule has 6 nitrogen and oxygen atoms in total. The number of rotatable bonds is 7. The van der Waals surface area contributed by atoms with Crippen LogP contribution in [0, 0.1) is 0 Å². The lowest BCUT2D eigenvalue weighted by molar-refractivity contribution is 0.313. The summed E-state index contributed by atoms with van der Waals surface area (Å²) in [6.07, 6.45) is 1.44. The summed E-state index contributed by atoms with van der Waals surface area (Å²) < 4.78 is 28.6. The van der Waals surface area contributed by atoms with Crippen LogP contribution in [0.3, 0.4) is 0 Å². The average Bonchev–Trinajstić information content (AvgIpc) is 2.87. The van der Waals surface area contributed by atoms with Crippen molar-refractivity contribution in [2.75, 3.05) is 31.2 Å². The Morgan fingerprint density at radius 1 is 1.35 bits per heavy atom. The molecule has 1 heterocycles. The van der Waals surface area contributed by atoms with E-state index in [0.29, 0.717) is 25.5 Å². The number of hydrogen-bond acceptors (Lipinski definition) is 4. The summed E-state index contributed by atoms with van der Waals surface area (Å²) in [5, 5.41) is 6.35. The Hall–Kier alpha value is -1.76. The molecule has 1 aliphatic rings. The van der Waals surface area contributed by atoms with Gasteiger partial charge in [-0.1, -0.05) is 18.2 Å².